The topological polar surface area (TPSA) is 54.8 Å². The van der Waals surface area contributed by atoms with Crippen molar-refractivity contribution < 1.29 is 9.63 Å². The van der Waals surface area contributed by atoms with Crippen LogP contribution in [0, 0.1) is 0 Å². The molecule has 142 valence electrons. The van der Waals surface area contributed by atoms with Gasteiger partial charge in [0.2, 0.25) is 0 Å². The summed E-state index contributed by atoms with van der Waals surface area (Å²) in [7, 11) is 0. The summed E-state index contributed by atoms with van der Waals surface area (Å²) in [5.41, 5.74) is 2.69. The van der Waals surface area contributed by atoms with Gasteiger partial charge in [-0.25, -0.2) is 0 Å². The molecule has 2 aromatic heterocycles. The second-order valence-electron chi connectivity index (χ2n) is 6.47. The zero-order valence-corrected chi connectivity index (χ0v) is 16.6. The van der Waals surface area contributed by atoms with Gasteiger partial charge in [-0.05, 0) is 35.2 Å². The van der Waals surface area contributed by atoms with Gasteiger partial charge >= 0.3 is 0 Å². The molecule has 7 heteroatoms. The lowest BCUT2D eigenvalue weighted by Crippen LogP contribution is -2.37. The molecule has 0 saturated heterocycles. The number of carbonyl (C=O) groups is 1. The molecule has 3 aromatic rings. The highest BCUT2D eigenvalue weighted by molar-refractivity contribution is 7.12. The Labute approximate surface area is 172 Å². The van der Waals surface area contributed by atoms with E-state index < -0.39 is 0 Å². The molecule has 1 atom stereocenters. The van der Waals surface area contributed by atoms with Crippen LogP contribution in [0.5, 0.6) is 0 Å². The Kier molecular flexibility index (Phi) is 5.69. The van der Waals surface area contributed by atoms with Gasteiger partial charge in [-0.3, -0.25) is 9.78 Å². The largest absolute Gasteiger partial charge is 0.390 e. The van der Waals surface area contributed by atoms with Gasteiger partial charge < -0.3 is 9.74 Å². The fourth-order valence-corrected chi connectivity index (χ4v) is 3.97. The molecule has 3 heterocycles. The predicted octanol–water partition coefficient (Wildman–Crippen LogP) is 4.63. The summed E-state index contributed by atoms with van der Waals surface area (Å²) >= 11 is 7.75. The molecule has 0 bridgehead atoms. The lowest BCUT2D eigenvalue weighted by atomic mass is 10.1. The van der Waals surface area contributed by atoms with Crippen molar-refractivity contribution in [3.63, 3.8) is 0 Å². The van der Waals surface area contributed by atoms with Crippen LogP contribution in [-0.2, 0) is 11.4 Å². The van der Waals surface area contributed by atoms with E-state index in [1.807, 2.05) is 53.9 Å². The van der Waals surface area contributed by atoms with Crippen LogP contribution in [0.2, 0.25) is 5.02 Å². The summed E-state index contributed by atoms with van der Waals surface area (Å²) in [5, 5.41) is 6.75. The number of halogens is 1. The van der Waals surface area contributed by atoms with Crippen molar-refractivity contribution in [2.45, 2.75) is 19.1 Å². The summed E-state index contributed by atoms with van der Waals surface area (Å²) in [6.45, 7) is 0.841. The first-order valence-electron chi connectivity index (χ1n) is 8.90. The third-order valence-corrected chi connectivity index (χ3v) is 5.72. The van der Waals surface area contributed by atoms with Crippen LogP contribution in [0.1, 0.15) is 27.2 Å². The van der Waals surface area contributed by atoms with E-state index in [0.29, 0.717) is 29.4 Å². The SMILES string of the molecule is O=C(c1cccs1)N(Cc1ccccc1Cl)C[C@H]1CC(c2cccnc2)=NO1. The Bertz CT molecular complexity index is 976. The van der Waals surface area contributed by atoms with E-state index in [2.05, 4.69) is 10.1 Å². The van der Waals surface area contributed by atoms with E-state index in [-0.39, 0.29) is 12.0 Å². The molecule has 0 spiro atoms. The Morgan fingerprint density at radius 1 is 1.21 bits per heavy atom. The zero-order chi connectivity index (χ0) is 19.3. The van der Waals surface area contributed by atoms with E-state index in [0.717, 1.165) is 16.8 Å². The normalized spacial score (nSPS) is 15.8. The molecule has 0 radical (unpaired) electrons. The van der Waals surface area contributed by atoms with E-state index in [1.165, 1.54) is 11.3 Å². The minimum atomic E-state index is -0.207. The fraction of sp³-hybridized carbons (Fsp3) is 0.190. The van der Waals surface area contributed by atoms with Crippen LogP contribution < -0.4 is 0 Å². The minimum absolute atomic E-state index is 0.0339. The standard InChI is InChI=1S/C21H18ClN3O2S/c22-18-7-2-1-5-16(18)13-25(21(26)20-8-4-10-28-20)14-17-11-19(24-27-17)15-6-3-9-23-12-15/h1-10,12,17H,11,13-14H2/t17-/m1/s1. The van der Waals surface area contributed by atoms with Crippen molar-refractivity contribution in [2.75, 3.05) is 6.54 Å². The molecule has 0 saturated carbocycles. The van der Waals surface area contributed by atoms with Crippen molar-refractivity contribution in [1.82, 2.24) is 9.88 Å². The smallest absolute Gasteiger partial charge is 0.264 e. The third-order valence-electron chi connectivity index (χ3n) is 4.49. The van der Waals surface area contributed by atoms with E-state index in [1.54, 1.807) is 17.3 Å². The number of rotatable bonds is 6. The lowest BCUT2D eigenvalue weighted by Gasteiger charge is -2.25. The van der Waals surface area contributed by atoms with Gasteiger partial charge in [-0.15, -0.1) is 11.3 Å². The van der Waals surface area contributed by atoms with Crippen LogP contribution in [0.3, 0.4) is 0 Å². The number of hydrogen-bond donors (Lipinski definition) is 0. The summed E-state index contributed by atoms with van der Waals surface area (Å²) in [5.74, 6) is -0.0339. The molecule has 5 nitrogen and oxygen atoms in total. The molecule has 0 unspecified atom stereocenters. The highest BCUT2D eigenvalue weighted by atomic mass is 35.5. The first kappa shape index (κ1) is 18.7. The fourth-order valence-electron chi connectivity index (χ4n) is 3.08. The maximum atomic E-state index is 13.1. The molecule has 0 fully saturated rings. The Morgan fingerprint density at radius 3 is 2.86 bits per heavy atom. The second-order valence-corrected chi connectivity index (χ2v) is 7.82. The number of carbonyl (C=O) groups excluding carboxylic acids is 1. The monoisotopic (exact) mass is 411 g/mol. The van der Waals surface area contributed by atoms with Crippen LogP contribution in [0.4, 0.5) is 0 Å². The number of oxime groups is 1. The van der Waals surface area contributed by atoms with Crippen LogP contribution in [-0.4, -0.2) is 34.2 Å². The van der Waals surface area contributed by atoms with Crippen molar-refractivity contribution >= 4 is 34.6 Å². The first-order valence-corrected chi connectivity index (χ1v) is 10.2. The second kappa shape index (κ2) is 8.54. The van der Waals surface area contributed by atoms with Gasteiger partial charge in [-0.2, -0.15) is 0 Å². The molecule has 4 rings (SSSR count). The zero-order valence-electron chi connectivity index (χ0n) is 15.0. The highest BCUT2D eigenvalue weighted by Gasteiger charge is 2.28. The maximum Gasteiger partial charge on any atom is 0.264 e. The molecule has 1 amide bonds. The summed E-state index contributed by atoms with van der Waals surface area (Å²) < 4.78 is 0. The first-order chi connectivity index (χ1) is 13.7. The van der Waals surface area contributed by atoms with Gasteiger partial charge in [0.15, 0.2) is 6.10 Å². The summed E-state index contributed by atoms with van der Waals surface area (Å²) in [6, 6.07) is 15.1. The molecule has 28 heavy (non-hydrogen) atoms. The van der Waals surface area contributed by atoms with Gasteiger partial charge in [0.05, 0.1) is 17.1 Å². The predicted molar refractivity (Wildman–Crippen MR) is 111 cm³/mol. The number of pyridine rings is 1. The molecule has 0 N–H and O–H groups in total. The van der Waals surface area contributed by atoms with E-state index >= 15 is 0 Å². The van der Waals surface area contributed by atoms with Crippen LogP contribution in [0.15, 0.2) is 71.5 Å². The highest BCUT2D eigenvalue weighted by Crippen LogP contribution is 2.23. The number of aromatic nitrogens is 1. The van der Waals surface area contributed by atoms with Gasteiger partial charge in [0, 0.05) is 35.9 Å². The quantitative estimate of drug-likeness (QED) is 0.594. The van der Waals surface area contributed by atoms with Crippen LogP contribution in [0.25, 0.3) is 0 Å². The molecule has 1 aliphatic heterocycles. The molecule has 1 aromatic carbocycles. The summed E-state index contributed by atoms with van der Waals surface area (Å²) in [4.78, 5) is 25.3. The number of hydrogen-bond acceptors (Lipinski definition) is 5. The van der Waals surface area contributed by atoms with Crippen molar-refractivity contribution in [3.8, 4) is 0 Å². The Balaban J connectivity index is 1.50. The van der Waals surface area contributed by atoms with Crippen molar-refractivity contribution in [3.05, 3.63) is 87.3 Å². The molecule has 0 aliphatic carbocycles. The number of thiophene rings is 1. The maximum absolute atomic E-state index is 13.1. The molecular formula is C21H18ClN3O2S. The van der Waals surface area contributed by atoms with Gasteiger partial charge in [0.1, 0.15) is 0 Å². The molecular weight excluding hydrogens is 394 g/mol. The average Bonchev–Trinajstić information content (AvgIpc) is 3.41. The number of amides is 1. The average molecular weight is 412 g/mol. The van der Waals surface area contributed by atoms with Crippen molar-refractivity contribution in [1.29, 1.82) is 0 Å². The summed E-state index contributed by atoms with van der Waals surface area (Å²) in [6.07, 6.45) is 3.91. The lowest BCUT2D eigenvalue weighted by molar-refractivity contribution is 0.0408. The Morgan fingerprint density at radius 2 is 2.11 bits per heavy atom. The Hall–Kier alpha value is -2.70. The van der Waals surface area contributed by atoms with E-state index in [4.69, 9.17) is 16.4 Å². The van der Waals surface area contributed by atoms with E-state index in [9.17, 15) is 4.79 Å². The van der Waals surface area contributed by atoms with Gasteiger partial charge in [0.25, 0.3) is 5.91 Å². The number of benzene rings is 1. The molecule has 1 aliphatic rings. The van der Waals surface area contributed by atoms with Crippen molar-refractivity contribution in [2.24, 2.45) is 5.16 Å². The third kappa shape index (κ3) is 4.24. The minimum Gasteiger partial charge on any atom is -0.390 e. The number of nitrogens with zero attached hydrogens (tertiary/aromatic N) is 3. The van der Waals surface area contributed by atoms with Gasteiger partial charge in [-0.1, -0.05) is 41.0 Å². The van der Waals surface area contributed by atoms with Crippen LogP contribution >= 0.6 is 22.9 Å².